The van der Waals surface area contributed by atoms with Crippen molar-refractivity contribution >= 4 is 18.0 Å². The molecule has 0 aromatic carbocycles. The van der Waals surface area contributed by atoms with Crippen molar-refractivity contribution in [2.45, 2.75) is 0 Å². The minimum absolute atomic E-state index is 0.558. The van der Waals surface area contributed by atoms with Crippen LogP contribution in [0.5, 0.6) is 0 Å². The van der Waals surface area contributed by atoms with Crippen LogP contribution in [0.3, 0.4) is 0 Å². The van der Waals surface area contributed by atoms with E-state index in [1.54, 1.807) is 18.6 Å². The van der Waals surface area contributed by atoms with Gasteiger partial charge in [0.1, 0.15) is 0 Å². The van der Waals surface area contributed by atoms with Gasteiger partial charge in [0.05, 0.1) is 18.2 Å². The van der Waals surface area contributed by atoms with Crippen molar-refractivity contribution in [2.75, 3.05) is 0 Å². The topological polar surface area (TPSA) is 103 Å². The molecule has 80 valence electrons. The Bertz CT molecular complexity index is 338. The minimum atomic E-state index is -1.26. The molecule has 0 unspecified atom stereocenters. The zero-order chi connectivity index (χ0) is 11.7. The van der Waals surface area contributed by atoms with Gasteiger partial charge in [-0.1, -0.05) is 6.58 Å². The van der Waals surface area contributed by atoms with Gasteiger partial charge in [-0.25, -0.2) is 14.6 Å². The number of carboxylic acid groups (broad SMARTS) is 2. The molecule has 6 nitrogen and oxygen atoms in total. The summed E-state index contributed by atoms with van der Waals surface area (Å²) >= 11 is 0. The van der Waals surface area contributed by atoms with E-state index in [0.717, 1.165) is 5.69 Å². The first-order chi connectivity index (χ1) is 7.06. The molecule has 0 aliphatic rings. The predicted octanol–water partition coefficient (Wildman–Crippen LogP) is 0.764. The molecule has 0 fully saturated rings. The van der Waals surface area contributed by atoms with E-state index in [0.29, 0.717) is 12.2 Å². The van der Waals surface area contributed by atoms with Crippen molar-refractivity contribution in [1.29, 1.82) is 0 Å². The summed E-state index contributed by atoms with van der Waals surface area (Å²) in [6.45, 7) is 3.53. The first kappa shape index (κ1) is 12.6. The predicted molar refractivity (Wildman–Crippen MR) is 53.1 cm³/mol. The van der Waals surface area contributed by atoms with Crippen molar-refractivity contribution in [3.8, 4) is 0 Å². The Hall–Kier alpha value is -2.37. The van der Waals surface area contributed by atoms with E-state index in [1.807, 2.05) is 0 Å². The Morgan fingerprint density at radius 1 is 1.33 bits per heavy atom. The molecule has 1 rings (SSSR count). The van der Waals surface area contributed by atoms with E-state index in [4.69, 9.17) is 10.2 Å². The van der Waals surface area contributed by atoms with Gasteiger partial charge in [-0.2, -0.15) is 0 Å². The van der Waals surface area contributed by atoms with Crippen LogP contribution in [0.4, 0.5) is 0 Å². The lowest BCUT2D eigenvalue weighted by molar-refractivity contribution is -0.134. The number of aromatic nitrogens is 2. The van der Waals surface area contributed by atoms with Crippen LogP contribution in [0.15, 0.2) is 31.3 Å². The standard InChI is InChI=1S/C5H6N2.C4H4O4/c1-2-5-3-6-4-7-5;5-3(6)1-2-4(7)8/h2-4H,1H2,(H,6,7);1-2H,(H,5,6)(H,7,8). The van der Waals surface area contributed by atoms with E-state index in [9.17, 15) is 9.59 Å². The summed E-state index contributed by atoms with van der Waals surface area (Å²) in [7, 11) is 0. The third-order valence-electron chi connectivity index (χ3n) is 1.11. The smallest absolute Gasteiger partial charge is 0.328 e. The van der Waals surface area contributed by atoms with Gasteiger partial charge in [0.25, 0.3) is 0 Å². The van der Waals surface area contributed by atoms with Crippen LogP contribution < -0.4 is 0 Å². The Morgan fingerprint density at radius 2 is 1.87 bits per heavy atom. The third-order valence-corrected chi connectivity index (χ3v) is 1.11. The van der Waals surface area contributed by atoms with Crippen molar-refractivity contribution in [3.05, 3.63) is 36.9 Å². The van der Waals surface area contributed by atoms with Gasteiger partial charge in [-0.15, -0.1) is 0 Å². The highest BCUT2D eigenvalue weighted by atomic mass is 16.4. The monoisotopic (exact) mass is 210 g/mol. The number of carbonyl (C=O) groups is 2. The van der Waals surface area contributed by atoms with Crippen molar-refractivity contribution in [2.24, 2.45) is 0 Å². The van der Waals surface area contributed by atoms with Crippen molar-refractivity contribution in [1.82, 2.24) is 9.97 Å². The maximum absolute atomic E-state index is 9.55. The van der Waals surface area contributed by atoms with Crippen LogP contribution in [0.1, 0.15) is 5.69 Å². The second kappa shape index (κ2) is 7.07. The van der Waals surface area contributed by atoms with E-state index >= 15 is 0 Å². The van der Waals surface area contributed by atoms with Crippen LogP contribution in [-0.2, 0) is 9.59 Å². The summed E-state index contributed by atoms with van der Waals surface area (Å²) in [5.41, 5.74) is 0.958. The highest BCUT2D eigenvalue weighted by molar-refractivity contribution is 5.89. The summed E-state index contributed by atoms with van der Waals surface area (Å²) in [6.07, 6.45) is 6.17. The minimum Gasteiger partial charge on any atom is -0.478 e. The molecule has 0 saturated carbocycles. The maximum Gasteiger partial charge on any atom is 0.328 e. The Morgan fingerprint density at radius 3 is 2.07 bits per heavy atom. The van der Waals surface area contributed by atoms with Gasteiger partial charge in [0, 0.05) is 12.2 Å². The first-order valence-corrected chi connectivity index (χ1v) is 3.81. The van der Waals surface area contributed by atoms with Gasteiger partial charge in [-0.3, -0.25) is 0 Å². The van der Waals surface area contributed by atoms with Crippen molar-refractivity contribution in [3.63, 3.8) is 0 Å². The highest BCUT2D eigenvalue weighted by Crippen LogP contribution is 1.88. The van der Waals surface area contributed by atoms with Gasteiger partial charge >= 0.3 is 11.9 Å². The number of aromatic amines is 1. The number of hydrogen-bond donors (Lipinski definition) is 3. The van der Waals surface area contributed by atoms with Crippen LogP contribution in [0.25, 0.3) is 6.08 Å². The molecular weight excluding hydrogens is 200 g/mol. The summed E-state index contributed by atoms with van der Waals surface area (Å²) in [4.78, 5) is 25.7. The average Bonchev–Trinajstić information content (AvgIpc) is 2.68. The molecule has 0 aliphatic carbocycles. The normalized spacial score (nSPS) is 9.07. The summed E-state index contributed by atoms with van der Waals surface area (Å²) < 4.78 is 0. The molecule has 15 heavy (non-hydrogen) atoms. The maximum atomic E-state index is 9.55. The molecule has 0 saturated heterocycles. The SMILES string of the molecule is C=Cc1cnc[nH]1.O=C(O)C=CC(=O)O. The molecule has 0 amide bonds. The van der Waals surface area contributed by atoms with E-state index in [2.05, 4.69) is 16.5 Å². The molecular formula is C9H10N2O4. The van der Waals surface area contributed by atoms with Gasteiger partial charge in [0.15, 0.2) is 0 Å². The number of aliphatic carboxylic acids is 2. The highest BCUT2D eigenvalue weighted by Gasteiger charge is 1.88. The third kappa shape index (κ3) is 7.97. The first-order valence-electron chi connectivity index (χ1n) is 3.81. The summed E-state index contributed by atoms with van der Waals surface area (Å²) in [5, 5.41) is 15.6. The summed E-state index contributed by atoms with van der Waals surface area (Å²) in [5.74, 6) is -2.51. The second-order valence-corrected chi connectivity index (χ2v) is 2.22. The Labute approximate surface area is 85.6 Å². The van der Waals surface area contributed by atoms with E-state index < -0.39 is 11.9 Å². The van der Waals surface area contributed by atoms with Gasteiger partial charge in [-0.05, 0) is 6.08 Å². The quantitative estimate of drug-likeness (QED) is 0.639. The van der Waals surface area contributed by atoms with Gasteiger partial charge < -0.3 is 15.2 Å². The molecule has 0 bridgehead atoms. The fourth-order valence-electron chi connectivity index (χ4n) is 0.521. The lowest BCUT2D eigenvalue weighted by Crippen LogP contribution is -1.91. The Kier molecular flexibility index (Phi) is 5.96. The van der Waals surface area contributed by atoms with Crippen LogP contribution in [0.2, 0.25) is 0 Å². The number of nitrogens with one attached hydrogen (secondary N) is 1. The molecule has 1 heterocycles. The van der Waals surface area contributed by atoms with Gasteiger partial charge in [0.2, 0.25) is 0 Å². The molecule has 3 N–H and O–H groups in total. The van der Waals surface area contributed by atoms with Crippen LogP contribution in [0, 0.1) is 0 Å². The molecule has 0 aliphatic heterocycles. The molecule has 0 spiro atoms. The average molecular weight is 210 g/mol. The zero-order valence-electron chi connectivity index (χ0n) is 7.75. The number of carboxylic acids is 2. The van der Waals surface area contributed by atoms with Crippen molar-refractivity contribution < 1.29 is 19.8 Å². The number of imidazole rings is 1. The van der Waals surface area contributed by atoms with E-state index in [1.165, 1.54) is 0 Å². The molecule has 6 heteroatoms. The number of hydrogen-bond acceptors (Lipinski definition) is 3. The second-order valence-electron chi connectivity index (χ2n) is 2.22. The molecule has 0 radical (unpaired) electrons. The molecule has 0 atom stereocenters. The van der Waals surface area contributed by atoms with Crippen LogP contribution in [-0.4, -0.2) is 32.1 Å². The Balaban J connectivity index is 0.000000262. The molecule has 1 aromatic heterocycles. The summed E-state index contributed by atoms with van der Waals surface area (Å²) in [6, 6.07) is 0. The molecule has 1 aromatic rings. The van der Waals surface area contributed by atoms with E-state index in [-0.39, 0.29) is 0 Å². The number of rotatable bonds is 3. The lowest BCUT2D eigenvalue weighted by Gasteiger charge is -1.74. The van der Waals surface area contributed by atoms with Crippen LogP contribution >= 0.6 is 0 Å². The largest absolute Gasteiger partial charge is 0.478 e. The zero-order valence-corrected chi connectivity index (χ0v) is 7.75. The lowest BCUT2D eigenvalue weighted by atomic mass is 10.5. The fourth-order valence-corrected chi connectivity index (χ4v) is 0.521. The fraction of sp³-hybridized carbons (Fsp3) is 0. The number of nitrogens with zero attached hydrogens (tertiary/aromatic N) is 1. The number of H-pyrrole nitrogens is 1.